The molecule has 0 spiro atoms. The van der Waals surface area contributed by atoms with Crippen LogP contribution in [-0.2, 0) is 11.3 Å². The van der Waals surface area contributed by atoms with E-state index in [0.717, 1.165) is 0 Å². The highest BCUT2D eigenvalue weighted by molar-refractivity contribution is 5.96. The van der Waals surface area contributed by atoms with E-state index in [-0.39, 0.29) is 17.9 Å². The number of benzene rings is 1. The first kappa shape index (κ1) is 8.96. The lowest BCUT2D eigenvalue weighted by atomic mass is 10.1. The number of carbonyl (C=O) groups is 1. The van der Waals surface area contributed by atoms with Gasteiger partial charge in [-0.3, -0.25) is 4.79 Å². The van der Waals surface area contributed by atoms with Gasteiger partial charge >= 0.3 is 6.54 Å². The maximum Gasteiger partial charge on any atom is 0.353 e. The highest BCUT2D eigenvalue weighted by Crippen LogP contribution is 2.30. The second-order valence-electron chi connectivity index (χ2n) is 2.86. The van der Waals surface area contributed by atoms with E-state index in [1.54, 1.807) is 12.1 Å². The van der Waals surface area contributed by atoms with Crippen molar-refractivity contribution in [3.63, 3.8) is 0 Å². The SMILES string of the molecule is NC(=O)c1cccc2c1OC(F)OC2. The summed E-state index contributed by atoms with van der Waals surface area (Å²) < 4.78 is 22.0. The maximum absolute atomic E-state index is 12.7. The zero-order chi connectivity index (χ0) is 10.1. The van der Waals surface area contributed by atoms with Gasteiger partial charge < -0.3 is 15.2 Å². The van der Waals surface area contributed by atoms with Crippen LogP contribution in [0.2, 0.25) is 0 Å². The Hall–Kier alpha value is -1.62. The van der Waals surface area contributed by atoms with Gasteiger partial charge in [-0.25, -0.2) is 0 Å². The molecule has 1 heterocycles. The average molecular weight is 197 g/mol. The van der Waals surface area contributed by atoms with E-state index in [1.807, 2.05) is 0 Å². The molecule has 1 aliphatic heterocycles. The molecule has 0 aliphatic carbocycles. The third-order valence-electron chi connectivity index (χ3n) is 1.94. The van der Waals surface area contributed by atoms with Crippen LogP contribution in [0.5, 0.6) is 5.75 Å². The third kappa shape index (κ3) is 1.42. The monoisotopic (exact) mass is 197 g/mol. The van der Waals surface area contributed by atoms with E-state index < -0.39 is 12.5 Å². The maximum atomic E-state index is 12.7. The number of ether oxygens (including phenoxy) is 2. The van der Waals surface area contributed by atoms with Crippen LogP contribution in [0.1, 0.15) is 15.9 Å². The molecule has 0 aromatic heterocycles. The van der Waals surface area contributed by atoms with Gasteiger partial charge in [0.2, 0.25) is 0 Å². The summed E-state index contributed by atoms with van der Waals surface area (Å²) >= 11 is 0. The smallest absolute Gasteiger partial charge is 0.353 e. The fourth-order valence-electron chi connectivity index (χ4n) is 1.31. The molecule has 1 aromatic carbocycles. The summed E-state index contributed by atoms with van der Waals surface area (Å²) in [4.78, 5) is 11.0. The summed E-state index contributed by atoms with van der Waals surface area (Å²) in [5.41, 5.74) is 5.90. The van der Waals surface area contributed by atoms with Gasteiger partial charge in [0, 0.05) is 5.56 Å². The minimum atomic E-state index is -1.83. The molecule has 2 rings (SSSR count). The largest absolute Gasteiger partial charge is 0.437 e. The average Bonchev–Trinajstić information content (AvgIpc) is 2.16. The molecule has 1 unspecified atom stereocenters. The molecule has 1 aliphatic rings. The topological polar surface area (TPSA) is 61.6 Å². The number of hydrogen-bond acceptors (Lipinski definition) is 3. The molecule has 5 heteroatoms. The van der Waals surface area contributed by atoms with Gasteiger partial charge in [0.05, 0.1) is 12.2 Å². The van der Waals surface area contributed by atoms with Gasteiger partial charge in [0.15, 0.2) is 0 Å². The Morgan fingerprint density at radius 1 is 1.57 bits per heavy atom. The Morgan fingerprint density at radius 2 is 2.36 bits per heavy atom. The van der Waals surface area contributed by atoms with Crippen molar-refractivity contribution < 1.29 is 18.7 Å². The third-order valence-corrected chi connectivity index (χ3v) is 1.94. The Balaban J connectivity index is 2.48. The minimum absolute atomic E-state index is 0.0810. The number of primary amides is 1. The number of alkyl halides is 1. The fraction of sp³-hybridized carbons (Fsp3) is 0.222. The molecular weight excluding hydrogens is 189 g/mol. The lowest BCUT2D eigenvalue weighted by molar-refractivity contribution is -0.187. The standard InChI is InChI=1S/C9H8FNO3/c10-9-13-4-5-2-1-3-6(8(11)12)7(5)14-9/h1-3,9H,4H2,(H2,11,12). The Bertz CT molecular complexity index is 380. The molecule has 0 fully saturated rings. The first-order chi connectivity index (χ1) is 6.68. The molecule has 1 aromatic rings. The van der Waals surface area contributed by atoms with Crippen molar-refractivity contribution in [1.82, 2.24) is 0 Å². The van der Waals surface area contributed by atoms with Crippen molar-refractivity contribution in [2.24, 2.45) is 5.73 Å². The number of nitrogens with two attached hydrogens (primary N) is 1. The van der Waals surface area contributed by atoms with Crippen LogP contribution in [0.25, 0.3) is 0 Å². The molecular formula is C9H8FNO3. The second kappa shape index (κ2) is 3.26. The van der Waals surface area contributed by atoms with Gasteiger partial charge in [-0.15, -0.1) is 0 Å². The van der Waals surface area contributed by atoms with Crippen LogP contribution in [-0.4, -0.2) is 12.5 Å². The molecule has 14 heavy (non-hydrogen) atoms. The van der Waals surface area contributed by atoms with Crippen molar-refractivity contribution in [2.45, 2.75) is 13.2 Å². The van der Waals surface area contributed by atoms with Crippen molar-refractivity contribution in [3.05, 3.63) is 29.3 Å². The summed E-state index contributed by atoms with van der Waals surface area (Å²) in [5.74, 6) is -0.463. The second-order valence-corrected chi connectivity index (χ2v) is 2.86. The van der Waals surface area contributed by atoms with Crippen LogP contribution in [0.15, 0.2) is 18.2 Å². The lowest BCUT2D eigenvalue weighted by Gasteiger charge is -2.22. The van der Waals surface area contributed by atoms with E-state index >= 15 is 0 Å². The van der Waals surface area contributed by atoms with Crippen LogP contribution in [0.4, 0.5) is 4.39 Å². The predicted octanol–water partition coefficient (Wildman–Crippen LogP) is 0.948. The molecule has 0 saturated heterocycles. The molecule has 4 nitrogen and oxygen atoms in total. The highest BCUT2D eigenvalue weighted by Gasteiger charge is 2.23. The minimum Gasteiger partial charge on any atom is -0.437 e. The molecule has 74 valence electrons. The molecule has 2 N–H and O–H groups in total. The van der Waals surface area contributed by atoms with E-state index in [2.05, 4.69) is 4.74 Å². The van der Waals surface area contributed by atoms with Gasteiger partial charge in [-0.1, -0.05) is 12.1 Å². The predicted molar refractivity (Wildman–Crippen MR) is 45.3 cm³/mol. The quantitative estimate of drug-likeness (QED) is 0.729. The van der Waals surface area contributed by atoms with Gasteiger partial charge in [0.25, 0.3) is 5.91 Å². The first-order valence-electron chi connectivity index (χ1n) is 4.02. The Labute approximate surface area is 79.4 Å². The van der Waals surface area contributed by atoms with E-state index in [9.17, 15) is 9.18 Å². The lowest BCUT2D eigenvalue weighted by Crippen LogP contribution is -2.24. The van der Waals surface area contributed by atoms with Crippen LogP contribution < -0.4 is 10.5 Å². The Morgan fingerprint density at radius 3 is 3.07 bits per heavy atom. The normalized spacial score (nSPS) is 19.6. The Kier molecular flexibility index (Phi) is 2.09. The number of halogens is 1. The first-order valence-corrected chi connectivity index (χ1v) is 4.02. The van der Waals surface area contributed by atoms with E-state index in [4.69, 9.17) is 10.5 Å². The van der Waals surface area contributed by atoms with Crippen LogP contribution >= 0.6 is 0 Å². The zero-order valence-electron chi connectivity index (χ0n) is 7.20. The number of carbonyl (C=O) groups excluding carboxylic acids is 1. The summed E-state index contributed by atoms with van der Waals surface area (Å²) in [7, 11) is 0. The van der Waals surface area contributed by atoms with Crippen molar-refractivity contribution in [2.75, 3.05) is 0 Å². The molecule has 1 atom stereocenters. The number of para-hydroxylation sites is 1. The van der Waals surface area contributed by atoms with Crippen molar-refractivity contribution >= 4 is 5.91 Å². The van der Waals surface area contributed by atoms with E-state index in [1.165, 1.54) is 6.07 Å². The fourth-order valence-corrected chi connectivity index (χ4v) is 1.31. The van der Waals surface area contributed by atoms with Crippen molar-refractivity contribution in [1.29, 1.82) is 0 Å². The molecule has 0 radical (unpaired) electrons. The zero-order valence-corrected chi connectivity index (χ0v) is 7.20. The number of fused-ring (bicyclic) bond motifs is 1. The van der Waals surface area contributed by atoms with Crippen LogP contribution in [0, 0.1) is 0 Å². The van der Waals surface area contributed by atoms with Gasteiger partial charge in [-0.05, 0) is 6.07 Å². The summed E-state index contributed by atoms with van der Waals surface area (Å²) in [6, 6.07) is 4.82. The highest BCUT2D eigenvalue weighted by atomic mass is 19.2. The van der Waals surface area contributed by atoms with Gasteiger partial charge in [-0.2, -0.15) is 4.39 Å². The van der Waals surface area contributed by atoms with Crippen LogP contribution in [0.3, 0.4) is 0 Å². The van der Waals surface area contributed by atoms with Gasteiger partial charge in [0.1, 0.15) is 5.75 Å². The number of amides is 1. The number of hydrogen-bond donors (Lipinski definition) is 1. The summed E-state index contributed by atoms with van der Waals surface area (Å²) in [5, 5.41) is 0. The summed E-state index contributed by atoms with van der Waals surface area (Å²) in [6.45, 7) is -1.75. The summed E-state index contributed by atoms with van der Waals surface area (Å²) in [6.07, 6.45) is 0. The molecule has 0 saturated carbocycles. The molecule has 0 bridgehead atoms. The van der Waals surface area contributed by atoms with Crippen molar-refractivity contribution in [3.8, 4) is 5.75 Å². The molecule has 1 amide bonds. The number of rotatable bonds is 1. The van der Waals surface area contributed by atoms with E-state index in [0.29, 0.717) is 5.56 Å².